The van der Waals surface area contributed by atoms with Crippen LogP contribution in [0.15, 0.2) is 11.2 Å². The summed E-state index contributed by atoms with van der Waals surface area (Å²) >= 11 is 0. The summed E-state index contributed by atoms with van der Waals surface area (Å²) in [5.41, 5.74) is -0.367. The van der Waals surface area contributed by atoms with Crippen LogP contribution in [0.5, 0.6) is 0 Å². The van der Waals surface area contributed by atoms with Crippen LogP contribution >= 0.6 is 0 Å². The second kappa shape index (κ2) is 6.52. The lowest BCUT2D eigenvalue weighted by molar-refractivity contribution is 0.00314. The average Bonchev–Trinajstić information content (AvgIpc) is 2.96. The molecule has 118 valence electrons. The molecule has 1 fully saturated rings. The summed E-state index contributed by atoms with van der Waals surface area (Å²) in [4.78, 5) is 11.0. The van der Waals surface area contributed by atoms with Gasteiger partial charge in [0, 0.05) is 13.1 Å². The van der Waals surface area contributed by atoms with Crippen LogP contribution in [-0.4, -0.2) is 71.5 Å². The molecule has 9 nitrogen and oxygen atoms in total. The normalized spacial score (nSPS) is 18.0. The molecule has 0 saturated carbocycles. The molecule has 1 saturated heterocycles. The Labute approximate surface area is 121 Å². The molecule has 10 heteroatoms. The summed E-state index contributed by atoms with van der Waals surface area (Å²) in [6.45, 7) is 0.614. The van der Waals surface area contributed by atoms with E-state index in [-0.39, 0.29) is 38.0 Å². The van der Waals surface area contributed by atoms with Crippen LogP contribution in [0.2, 0.25) is 0 Å². The highest BCUT2D eigenvalue weighted by Crippen LogP contribution is 2.23. The van der Waals surface area contributed by atoms with Crippen molar-refractivity contribution in [1.29, 1.82) is 0 Å². The molecule has 0 atom stereocenters. The Morgan fingerprint density at radius 2 is 2.14 bits per heavy atom. The summed E-state index contributed by atoms with van der Waals surface area (Å²) in [6, 6.07) is 0. The minimum atomic E-state index is -3.91. The third kappa shape index (κ3) is 3.40. The lowest BCUT2D eigenvalue weighted by Gasteiger charge is -2.30. The van der Waals surface area contributed by atoms with Crippen LogP contribution in [0.1, 0.15) is 23.2 Å². The zero-order chi connectivity index (χ0) is 15.5. The molecule has 0 amide bonds. The number of ether oxygens (including phenoxy) is 1. The predicted molar refractivity (Wildman–Crippen MR) is 70.4 cm³/mol. The Morgan fingerprint density at radius 3 is 2.71 bits per heavy atom. The van der Waals surface area contributed by atoms with Gasteiger partial charge in [0.05, 0.1) is 25.5 Å². The maximum atomic E-state index is 12.4. The van der Waals surface area contributed by atoms with Crippen LogP contribution in [0.4, 0.5) is 0 Å². The van der Waals surface area contributed by atoms with Crippen molar-refractivity contribution in [3.63, 3.8) is 0 Å². The van der Waals surface area contributed by atoms with Gasteiger partial charge >= 0.3 is 5.97 Å². The van der Waals surface area contributed by atoms with Gasteiger partial charge in [0.1, 0.15) is 5.56 Å². The monoisotopic (exact) mass is 319 g/mol. The Kier molecular flexibility index (Phi) is 4.93. The number of sulfonamides is 1. The van der Waals surface area contributed by atoms with E-state index >= 15 is 0 Å². The summed E-state index contributed by atoms with van der Waals surface area (Å²) in [5, 5.41) is 23.0. The number of H-pyrrole nitrogens is 1. The Balaban J connectivity index is 2.08. The largest absolute Gasteiger partial charge is 0.478 e. The number of rotatable bonds is 6. The first kappa shape index (κ1) is 15.9. The van der Waals surface area contributed by atoms with Crippen LogP contribution in [0.25, 0.3) is 0 Å². The number of nitrogens with zero attached hydrogens (tertiary/aromatic N) is 2. The maximum absolute atomic E-state index is 12.4. The standard InChI is InChI=1S/C11H17N3O6S/c15-5-6-20-8-1-3-14(4-2-8)21(18,19)10-9(11(16)17)7-12-13-10/h7-8,15H,1-6H2,(H,12,13)(H,16,17). The fourth-order valence-corrected chi connectivity index (χ4v) is 3.75. The first-order chi connectivity index (χ1) is 9.96. The Hall–Kier alpha value is -1.49. The second-order valence-corrected chi connectivity index (χ2v) is 6.49. The highest BCUT2D eigenvalue weighted by molar-refractivity contribution is 7.89. The zero-order valence-corrected chi connectivity index (χ0v) is 12.0. The van der Waals surface area contributed by atoms with Crippen molar-refractivity contribution in [1.82, 2.24) is 14.5 Å². The first-order valence-corrected chi connectivity index (χ1v) is 7.90. The van der Waals surface area contributed by atoms with E-state index in [2.05, 4.69) is 10.2 Å². The van der Waals surface area contributed by atoms with E-state index in [9.17, 15) is 13.2 Å². The van der Waals surface area contributed by atoms with Crippen LogP contribution < -0.4 is 0 Å². The number of piperidine rings is 1. The molecule has 0 spiro atoms. The molecule has 0 aliphatic carbocycles. The molecule has 0 aromatic carbocycles. The van der Waals surface area contributed by atoms with E-state index in [0.29, 0.717) is 12.8 Å². The number of aromatic nitrogens is 2. The van der Waals surface area contributed by atoms with E-state index in [1.54, 1.807) is 0 Å². The predicted octanol–water partition coefficient (Wildman–Crippen LogP) is -0.730. The van der Waals surface area contributed by atoms with E-state index in [1.807, 2.05) is 0 Å². The third-order valence-corrected chi connectivity index (χ3v) is 5.15. The summed E-state index contributed by atoms with van der Waals surface area (Å²) < 4.78 is 31.4. The minimum Gasteiger partial charge on any atom is -0.478 e. The van der Waals surface area contributed by atoms with Gasteiger partial charge in [-0.1, -0.05) is 0 Å². The van der Waals surface area contributed by atoms with E-state index < -0.39 is 21.0 Å². The van der Waals surface area contributed by atoms with Gasteiger partial charge in [-0.3, -0.25) is 5.10 Å². The Morgan fingerprint density at radius 1 is 1.48 bits per heavy atom. The van der Waals surface area contributed by atoms with Crippen LogP contribution in [0.3, 0.4) is 0 Å². The van der Waals surface area contributed by atoms with Gasteiger partial charge in [0.2, 0.25) is 0 Å². The highest BCUT2D eigenvalue weighted by atomic mass is 32.2. The molecule has 1 aliphatic rings. The van der Waals surface area contributed by atoms with Crippen molar-refractivity contribution in [3.8, 4) is 0 Å². The van der Waals surface area contributed by atoms with Crippen LogP contribution in [0, 0.1) is 0 Å². The minimum absolute atomic E-state index is 0.0748. The van der Waals surface area contributed by atoms with E-state index in [0.717, 1.165) is 6.20 Å². The van der Waals surface area contributed by atoms with Crippen LogP contribution in [-0.2, 0) is 14.8 Å². The molecule has 1 aromatic rings. The van der Waals surface area contributed by atoms with Crippen molar-refractivity contribution >= 4 is 16.0 Å². The van der Waals surface area contributed by atoms with Crippen molar-refractivity contribution in [2.75, 3.05) is 26.3 Å². The van der Waals surface area contributed by atoms with Gasteiger partial charge in [-0.05, 0) is 12.8 Å². The van der Waals surface area contributed by atoms with E-state index in [1.165, 1.54) is 4.31 Å². The highest BCUT2D eigenvalue weighted by Gasteiger charge is 2.33. The van der Waals surface area contributed by atoms with Crippen molar-refractivity contribution in [3.05, 3.63) is 11.8 Å². The number of aliphatic hydroxyl groups is 1. The van der Waals surface area contributed by atoms with Crippen molar-refractivity contribution in [2.45, 2.75) is 24.0 Å². The number of hydrogen-bond acceptors (Lipinski definition) is 6. The molecule has 0 radical (unpaired) electrons. The lowest BCUT2D eigenvalue weighted by atomic mass is 10.1. The molecule has 2 rings (SSSR count). The second-order valence-electron chi connectivity index (χ2n) is 4.62. The summed E-state index contributed by atoms with van der Waals surface area (Å²) in [5.74, 6) is -1.34. The fourth-order valence-electron chi connectivity index (χ4n) is 2.21. The number of carbonyl (C=O) groups is 1. The molecule has 3 N–H and O–H groups in total. The smallest absolute Gasteiger partial charge is 0.340 e. The number of aromatic carboxylic acids is 1. The molecule has 1 aliphatic heterocycles. The number of aromatic amines is 1. The Bertz CT molecular complexity index is 591. The van der Waals surface area contributed by atoms with Gasteiger partial charge in [0.15, 0.2) is 5.03 Å². The fraction of sp³-hybridized carbons (Fsp3) is 0.636. The molecular weight excluding hydrogens is 302 g/mol. The van der Waals surface area contributed by atoms with Gasteiger partial charge in [0.25, 0.3) is 10.0 Å². The van der Waals surface area contributed by atoms with Gasteiger partial charge in [-0.2, -0.15) is 9.40 Å². The molecular formula is C11H17N3O6S. The SMILES string of the molecule is O=C(O)c1cn[nH]c1S(=O)(=O)N1CCC(OCCO)CC1. The first-order valence-electron chi connectivity index (χ1n) is 6.46. The zero-order valence-electron chi connectivity index (χ0n) is 11.2. The number of carboxylic acid groups (broad SMARTS) is 1. The number of aliphatic hydroxyl groups excluding tert-OH is 1. The quantitative estimate of drug-likeness (QED) is 0.629. The number of nitrogens with one attached hydrogen (secondary N) is 1. The van der Waals surface area contributed by atoms with Gasteiger partial charge in [-0.15, -0.1) is 0 Å². The topological polar surface area (TPSA) is 133 Å². The maximum Gasteiger partial charge on any atom is 0.340 e. The van der Waals surface area contributed by atoms with Gasteiger partial charge < -0.3 is 14.9 Å². The van der Waals surface area contributed by atoms with Crippen molar-refractivity contribution < 1.29 is 28.2 Å². The number of hydrogen-bond donors (Lipinski definition) is 3. The summed E-state index contributed by atoms with van der Waals surface area (Å²) in [6.07, 6.45) is 1.88. The lowest BCUT2D eigenvalue weighted by Crippen LogP contribution is -2.41. The average molecular weight is 319 g/mol. The molecule has 0 unspecified atom stereocenters. The number of carboxylic acids is 1. The van der Waals surface area contributed by atoms with E-state index in [4.69, 9.17) is 14.9 Å². The molecule has 2 heterocycles. The molecule has 1 aromatic heterocycles. The third-order valence-electron chi connectivity index (χ3n) is 3.28. The van der Waals surface area contributed by atoms with Crippen molar-refractivity contribution in [2.24, 2.45) is 0 Å². The molecule has 0 bridgehead atoms. The summed E-state index contributed by atoms with van der Waals surface area (Å²) in [7, 11) is -3.91. The van der Waals surface area contributed by atoms with Gasteiger partial charge in [-0.25, -0.2) is 13.2 Å². The molecule has 21 heavy (non-hydrogen) atoms.